The largest absolute Gasteiger partial charge is 0.399 e. The summed E-state index contributed by atoms with van der Waals surface area (Å²) in [6.45, 7) is 2.18. The Morgan fingerprint density at radius 3 is 2.85 bits per heavy atom. The summed E-state index contributed by atoms with van der Waals surface area (Å²) in [5, 5.41) is 12.6. The maximum Gasteiger partial charge on any atom is 0.0684 e. The summed E-state index contributed by atoms with van der Waals surface area (Å²) in [6.07, 6.45) is -0.395. The molecule has 1 rings (SSSR count). The van der Waals surface area contributed by atoms with Crippen LogP contribution in [0.4, 0.5) is 11.4 Å². The molecule has 3 nitrogen and oxygen atoms in total. The number of nitrogens with one attached hydrogen (secondary N) is 1. The van der Waals surface area contributed by atoms with Crippen molar-refractivity contribution in [2.24, 2.45) is 0 Å². The Morgan fingerprint density at radius 1 is 1.62 bits per heavy atom. The summed E-state index contributed by atoms with van der Waals surface area (Å²) in [7, 11) is 0. The molecule has 4 heteroatoms. The summed E-state index contributed by atoms with van der Waals surface area (Å²) in [4.78, 5) is 0. The Kier molecular flexibility index (Phi) is 3.39. The SMILES string of the molecule is CC(O)CNc1ccc(N)cc1Cl. The van der Waals surface area contributed by atoms with Gasteiger partial charge in [-0.15, -0.1) is 0 Å². The van der Waals surface area contributed by atoms with Crippen LogP contribution in [0.5, 0.6) is 0 Å². The predicted molar refractivity (Wildman–Crippen MR) is 56.0 cm³/mol. The van der Waals surface area contributed by atoms with Crippen molar-refractivity contribution >= 4 is 23.0 Å². The van der Waals surface area contributed by atoms with E-state index in [0.717, 1.165) is 5.69 Å². The molecule has 0 spiro atoms. The van der Waals surface area contributed by atoms with Crippen molar-refractivity contribution in [1.29, 1.82) is 0 Å². The Labute approximate surface area is 82.5 Å². The van der Waals surface area contributed by atoms with Crippen molar-refractivity contribution in [3.8, 4) is 0 Å². The van der Waals surface area contributed by atoms with Gasteiger partial charge in [0.1, 0.15) is 0 Å². The number of aliphatic hydroxyl groups excluding tert-OH is 1. The summed E-state index contributed by atoms with van der Waals surface area (Å²) in [6, 6.07) is 5.22. The minimum atomic E-state index is -0.395. The van der Waals surface area contributed by atoms with Crippen molar-refractivity contribution in [3.63, 3.8) is 0 Å². The lowest BCUT2D eigenvalue weighted by atomic mass is 10.2. The number of anilines is 2. The zero-order chi connectivity index (χ0) is 9.84. The van der Waals surface area contributed by atoms with Crippen LogP contribution >= 0.6 is 11.6 Å². The molecule has 0 aliphatic heterocycles. The molecule has 0 aliphatic carbocycles. The molecular formula is C9H13ClN2O. The number of nitrogen functional groups attached to an aromatic ring is 1. The summed E-state index contributed by atoms with van der Waals surface area (Å²) in [5.41, 5.74) is 6.94. The molecule has 0 radical (unpaired) electrons. The molecule has 1 atom stereocenters. The molecule has 0 aromatic heterocycles. The first-order chi connectivity index (χ1) is 6.09. The number of rotatable bonds is 3. The highest BCUT2D eigenvalue weighted by Crippen LogP contribution is 2.23. The molecule has 0 fully saturated rings. The highest BCUT2D eigenvalue weighted by Gasteiger charge is 2.01. The number of halogens is 1. The zero-order valence-corrected chi connectivity index (χ0v) is 8.17. The first-order valence-corrected chi connectivity index (χ1v) is 4.44. The Balaban J connectivity index is 2.67. The monoisotopic (exact) mass is 200 g/mol. The Hall–Kier alpha value is -0.930. The van der Waals surface area contributed by atoms with Crippen LogP contribution in [0, 0.1) is 0 Å². The molecule has 13 heavy (non-hydrogen) atoms. The number of hydrogen-bond acceptors (Lipinski definition) is 3. The van der Waals surface area contributed by atoms with Crippen LogP contribution in [-0.2, 0) is 0 Å². The molecule has 72 valence electrons. The Bertz CT molecular complexity index is 289. The van der Waals surface area contributed by atoms with E-state index in [4.69, 9.17) is 22.4 Å². The highest BCUT2D eigenvalue weighted by atomic mass is 35.5. The molecular weight excluding hydrogens is 188 g/mol. The average Bonchev–Trinajstić information content (AvgIpc) is 2.02. The number of aliphatic hydroxyl groups is 1. The van der Waals surface area contributed by atoms with Gasteiger partial charge in [-0.3, -0.25) is 0 Å². The van der Waals surface area contributed by atoms with Gasteiger partial charge in [-0.25, -0.2) is 0 Å². The second kappa shape index (κ2) is 4.35. The van der Waals surface area contributed by atoms with Gasteiger partial charge in [0.15, 0.2) is 0 Å². The summed E-state index contributed by atoms with van der Waals surface area (Å²) >= 11 is 5.89. The second-order valence-electron chi connectivity index (χ2n) is 2.97. The fourth-order valence-corrected chi connectivity index (χ4v) is 1.19. The third-order valence-corrected chi connectivity index (χ3v) is 1.89. The third-order valence-electron chi connectivity index (χ3n) is 1.58. The van der Waals surface area contributed by atoms with Crippen LogP contribution in [0.1, 0.15) is 6.92 Å². The van der Waals surface area contributed by atoms with Gasteiger partial charge in [0.25, 0.3) is 0 Å². The first-order valence-electron chi connectivity index (χ1n) is 4.06. The number of nitrogens with two attached hydrogens (primary N) is 1. The standard InChI is InChI=1S/C9H13ClN2O/c1-6(13)5-12-9-3-2-7(11)4-8(9)10/h2-4,6,12-13H,5,11H2,1H3. The molecule has 0 amide bonds. The van der Waals surface area contributed by atoms with E-state index in [1.807, 2.05) is 0 Å². The molecule has 0 bridgehead atoms. The first kappa shape index (κ1) is 10.2. The van der Waals surface area contributed by atoms with Crippen molar-refractivity contribution < 1.29 is 5.11 Å². The zero-order valence-electron chi connectivity index (χ0n) is 7.42. The molecule has 0 saturated heterocycles. The van der Waals surface area contributed by atoms with Gasteiger partial charge in [0.2, 0.25) is 0 Å². The fourth-order valence-electron chi connectivity index (χ4n) is 0.932. The second-order valence-corrected chi connectivity index (χ2v) is 3.38. The van der Waals surface area contributed by atoms with E-state index in [0.29, 0.717) is 17.3 Å². The van der Waals surface area contributed by atoms with E-state index in [2.05, 4.69) is 5.32 Å². The molecule has 1 aromatic carbocycles. The van der Waals surface area contributed by atoms with E-state index >= 15 is 0 Å². The lowest BCUT2D eigenvalue weighted by molar-refractivity contribution is 0.208. The van der Waals surface area contributed by atoms with Crippen molar-refractivity contribution in [1.82, 2.24) is 0 Å². The predicted octanol–water partition coefficient (Wildman–Crippen LogP) is 1.71. The minimum absolute atomic E-state index is 0.395. The van der Waals surface area contributed by atoms with Gasteiger partial charge in [-0.05, 0) is 25.1 Å². The molecule has 0 aliphatic rings. The molecule has 1 unspecified atom stereocenters. The van der Waals surface area contributed by atoms with Crippen molar-refractivity contribution in [2.45, 2.75) is 13.0 Å². The molecule has 1 aromatic rings. The van der Waals surface area contributed by atoms with Crippen LogP contribution in [0.25, 0.3) is 0 Å². The van der Waals surface area contributed by atoms with E-state index in [-0.39, 0.29) is 0 Å². The fraction of sp³-hybridized carbons (Fsp3) is 0.333. The topological polar surface area (TPSA) is 58.3 Å². The third kappa shape index (κ3) is 3.13. The minimum Gasteiger partial charge on any atom is -0.399 e. The molecule has 4 N–H and O–H groups in total. The summed E-state index contributed by atoms with van der Waals surface area (Å²) in [5.74, 6) is 0. The van der Waals surface area contributed by atoms with E-state index < -0.39 is 6.10 Å². The average molecular weight is 201 g/mol. The molecule has 0 saturated carbocycles. The van der Waals surface area contributed by atoms with E-state index in [1.165, 1.54) is 0 Å². The van der Waals surface area contributed by atoms with Crippen molar-refractivity contribution in [3.05, 3.63) is 23.2 Å². The van der Waals surface area contributed by atoms with Crippen LogP contribution in [0.2, 0.25) is 5.02 Å². The maximum absolute atomic E-state index is 9.03. The van der Waals surface area contributed by atoms with E-state index in [1.54, 1.807) is 25.1 Å². The van der Waals surface area contributed by atoms with Crippen LogP contribution < -0.4 is 11.1 Å². The maximum atomic E-state index is 9.03. The quantitative estimate of drug-likeness (QED) is 0.652. The van der Waals surface area contributed by atoms with Gasteiger partial charge >= 0.3 is 0 Å². The number of hydrogen-bond donors (Lipinski definition) is 3. The highest BCUT2D eigenvalue weighted by molar-refractivity contribution is 6.33. The van der Waals surface area contributed by atoms with Gasteiger partial charge in [0.05, 0.1) is 16.8 Å². The lowest BCUT2D eigenvalue weighted by Crippen LogP contribution is -2.15. The van der Waals surface area contributed by atoms with Gasteiger partial charge in [-0.2, -0.15) is 0 Å². The lowest BCUT2D eigenvalue weighted by Gasteiger charge is -2.10. The smallest absolute Gasteiger partial charge is 0.0684 e. The van der Waals surface area contributed by atoms with Crippen LogP contribution in [0.15, 0.2) is 18.2 Å². The van der Waals surface area contributed by atoms with Crippen LogP contribution in [0.3, 0.4) is 0 Å². The van der Waals surface area contributed by atoms with Gasteiger partial charge < -0.3 is 16.2 Å². The Morgan fingerprint density at radius 2 is 2.31 bits per heavy atom. The van der Waals surface area contributed by atoms with E-state index in [9.17, 15) is 0 Å². The van der Waals surface area contributed by atoms with Crippen LogP contribution in [-0.4, -0.2) is 17.8 Å². The van der Waals surface area contributed by atoms with Gasteiger partial charge in [0, 0.05) is 12.2 Å². The summed E-state index contributed by atoms with van der Waals surface area (Å²) < 4.78 is 0. The number of benzene rings is 1. The molecule has 0 heterocycles. The van der Waals surface area contributed by atoms with Crippen molar-refractivity contribution in [2.75, 3.05) is 17.6 Å². The normalized spacial score (nSPS) is 12.5. The van der Waals surface area contributed by atoms with Gasteiger partial charge in [-0.1, -0.05) is 11.6 Å².